The van der Waals surface area contributed by atoms with E-state index < -0.39 is 15.7 Å². The highest BCUT2D eigenvalue weighted by Crippen LogP contribution is 2.13. The Kier molecular flexibility index (Phi) is 3.13. The number of nitrogen functional groups attached to an aromatic ring is 1. The largest absolute Gasteiger partial charge is 0.383 e. The standard InChI is InChI=1S/C8H12N4O3S/c1-4-6(8(10)13)7(9)12-5(11-4)3-16(2,14)15/h3H2,1-2H3,(H2,10,13)(H2,9,11,12). The van der Waals surface area contributed by atoms with Gasteiger partial charge in [-0.1, -0.05) is 0 Å². The molecular weight excluding hydrogens is 232 g/mol. The third kappa shape index (κ3) is 2.89. The summed E-state index contributed by atoms with van der Waals surface area (Å²) in [6.45, 7) is 1.52. The van der Waals surface area contributed by atoms with Crippen LogP contribution in [0.15, 0.2) is 0 Å². The van der Waals surface area contributed by atoms with Gasteiger partial charge in [-0.05, 0) is 6.92 Å². The number of amides is 1. The summed E-state index contributed by atoms with van der Waals surface area (Å²) in [6.07, 6.45) is 1.06. The molecule has 0 aromatic carbocycles. The van der Waals surface area contributed by atoms with E-state index in [-0.39, 0.29) is 28.7 Å². The van der Waals surface area contributed by atoms with Crippen LogP contribution in [0, 0.1) is 6.92 Å². The molecule has 0 saturated carbocycles. The number of aromatic nitrogens is 2. The van der Waals surface area contributed by atoms with Crippen LogP contribution >= 0.6 is 0 Å². The molecule has 1 aromatic rings. The van der Waals surface area contributed by atoms with Gasteiger partial charge in [0.2, 0.25) is 0 Å². The number of aryl methyl sites for hydroxylation is 1. The molecule has 0 spiro atoms. The van der Waals surface area contributed by atoms with Crippen molar-refractivity contribution in [2.45, 2.75) is 12.7 Å². The van der Waals surface area contributed by atoms with Crippen LogP contribution in [-0.2, 0) is 15.6 Å². The first-order valence-electron chi connectivity index (χ1n) is 4.31. The third-order valence-electron chi connectivity index (χ3n) is 1.80. The minimum Gasteiger partial charge on any atom is -0.383 e. The molecule has 1 aromatic heterocycles. The summed E-state index contributed by atoms with van der Waals surface area (Å²) in [5.41, 5.74) is 10.9. The Balaban J connectivity index is 3.25. The Bertz CT molecular complexity index is 515. The van der Waals surface area contributed by atoms with Gasteiger partial charge in [0, 0.05) is 6.26 Å². The molecule has 1 amide bonds. The van der Waals surface area contributed by atoms with Crippen molar-refractivity contribution in [3.05, 3.63) is 17.1 Å². The minimum atomic E-state index is -3.24. The van der Waals surface area contributed by atoms with Gasteiger partial charge in [0.15, 0.2) is 9.84 Å². The Hall–Kier alpha value is -1.70. The van der Waals surface area contributed by atoms with Crippen molar-refractivity contribution >= 4 is 21.6 Å². The molecule has 4 N–H and O–H groups in total. The molecule has 0 aliphatic rings. The Morgan fingerprint density at radius 3 is 2.31 bits per heavy atom. The lowest BCUT2D eigenvalue weighted by Gasteiger charge is -2.06. The Labute approximate surface area is 92.8 Å². The highest BCUT2D eigenvalue weighted by Gasteiger charge is 2.16. The van der Waals surface area contributed by atoms with Gasteiger partial charge in [0.05, 0.1) is 5.69 Å². The van der Waals surface area contributed by atoms with Gasteiger partial charge >= 0.3 is 0 Å². The normalized spacial score (nSPS) is 11.4. The van der Waals surface area contributed by atoms with E-state index in [9.17, 15) is 13.2 Å². The van der Waals surface area contributed by atoms with Crippen molar-refractivity contribution in [1.82, 2.24) is 9.97 Å². The fraction of sp³-hybridized carbons (Fsp3) is 0.375. The van der Waals surface area contributed by atoms with Crippen LogP contribution in [-0.4, -0.2) is 30.5 Å². The molecule has 7 nitrogen and oxygen atoms in total. The topological polar surface area (TPSA) is 129 Å². The minimum absolute atomic E-state index is 0.0252. The predicted molar refractivity (Wildman–Crippen MR) is 58.2 cm³/mol. The SMILES string of the molecule is Cc1nc(CS(C)(=O)=O)nc(N)c1C(N)=O. The highest BCUT2D eigenvalue weighted by molar-refractivity contribution is 7.89. The lowest BCUT2D eigenvalue weighted by molar-refractivity contribution is 0.1000. The number of primary amides is 1. The molecule has 16 heavy (non-hydrogen) atoms. The maximum absolute atomic E-state index is 11.0. The van der Waals surface area contributed by atoms with Crippen molar-refractivity contribution < 1.29 is 13.2 Å². The van der Waals surface area contributed by atoms with Gasteiger partial charge < -0.3 is 11.5 Å². The molecule has 8 heteroatoms. The summed E-state index contributed by atoms with van der Waals surface area (Å²) in [4.78, 5) is 18.6. The van der Waals surface area contributed by atoms with Crippen molar-refractivity contribution in [1.29, 1.82) is 0 Å². The van der Waals surface area contributed by atoms with E-state index in [1.807, 2.05) is 0 Å². The van der Waals surface area contributed by atoms with Crippen molar-refractivity contribution in [3.63, 3.8) is 0 Å². The average molecular weight is 244 g/mol. The van der Waals surface area contributed by atoms with Crippen molar-refractivity contribution in [2.24, 2.45) is 5.73 Å². The summed E-state index contributed by atoms with van der Waals surface area (Å²) < 4.78 is 22.1. The van der Waals surface area contributed by atoms with Crippen LogP contribution in [0.2, 0.25) is 0 Å². The lowest BCUT2D eigenvalue weighted by Crippen LogP contribution is -2.19. The molecule has 1 heterocycles. The van der Waals surface area contributed by atoms with Crippen LogP contribution in [0.1, 0.15) is 21.9 Å². The van der Waals surface area contributed by atoms with E-state index in [0.29, 0.717) is 0 Å². The van der Waals surface area contributed by atoms with Gasteiger partial charge in [0.1, 0.15) is 23.0 Å². The number of sulfone groups is 1. The number of nitrogens with zero attached hydrogens (tertiary/aromatic N) is 2. The summed E-state index contributed by atoms with van der Waals surface area (Å²) in [7, 11) is -3.24. The second-order valence-electron chi connectivity index (χ2n) is 3.42. The molecule has 0 aliphatic heterocycles. The molecule has 88 valence electrons. The van der Waals surface area contributed by atoms with Crippen molar-refractivity contribution in [3.8, 4) is 0 Å². The fourth-order valence-corrected chi connectivity index (χ4v) is 1.86. The molecule has 0 radical (unpaired) electrons. The van der Waals surface area contributed by atoms with Crippen LogP contribution in [0.5, 0.6) is 0 Å². The number of anilines is 1. The summed E-state index contributed by atoms with van der Waals surface area (Å²) in [5, 5.41) is 0. The van der Waals surface area contributed by atoms with Crippen molar-refractivity contribution in [2.75, 3.05) is 12.0 Å². The molecule has 0 atom stereocenters. The zero-order chi connectivity index (χ0) is 12.5. The van der Waals surface area contributed by atoms with Crippen LogP contribution in [0.4, 0.5) is 5.82 Å². The monoisotopic (exact) mass is 244 g/mol. The maximum atomic E-state index is 11.0. The first-order chi connectivity index (χ1) is 7.20. The molecular formula is C8H12N4O3S. The molecule has 0 fully saturated rings. The van der Waals surface area contributed by atoms with Gasteiger partial charge in [-0.25, -0.2) is 18.4 Å². The summed E-state index contributed by atoms with van der Waals surface area (Å²) >= 11 is 0. The quantitative estimate of drug-likeness (QED) is 0.702. The predicted octanol–water partition coefficient (Wildman–Crippen LogP) is -0.989. The number of hydrogen-bond donors (Lipinski definition) is 2. The average Bonchev–Trinajstić information content (AvgIpc) is 1.96. The number of nitrogens with two attached hydrogens (primary N) is 2. The first kappa shape index (κ1) is 12.4. The zero-order valence-electron chi connectivity index (χ0n) is 8.89. The van der Waals surface area contributed by atoms with Crippen LogP contribution in [0.25, 0.3) is 0 Å². The Morgan fingerprint density at radius 2 is 1.94 bits per heavy atom. The number of carbonyl (C=O) groups excluding carboxylic acids is 1. The van der Waals surface area contributed by atoms with E-state index >= 15 is 0 Å². The van der Waals surface area contributed by atoms with Gasteiger partial charge in [-0.3, -0.25) is 4.79 Å². The smallest absolute Gasteiger partial charge is 0.254 e. The maximum Gasteiger partial charge on any atom is 0.254 e. The molecule has 0 unspecified atom stereocenters. The molecule has 0 aliphatic carbocycles. The summed E-state index contributed by atoms with van der Waals surface area (Å²) in [6, 6.07) is 0. The van der Waals surface area contributed by atoms with E-state index in [4.69, 9.17) is 11.5 Å². The number of rotatable bonds is 3. The van der Waals surface area contributed by atoms with E-state index in [0.717, 1.165) is 6.26 Å². The highest BCUT2D eigenvalue weighted by atomic mass is 32.2. The zero-order valence-corrected chi connectivity index (χ0v) is 9.71. The Morgan fingerprint density at radius 1 is 1.38 bits per heavy atom. The van der Waals surface area contributed by atoms with E-state index in [1.54, 1.807) is 0 Å². The second kappa shape index (κ2) is 4.05. The fourth-order valence-electron chi connectivity index (χ4n) is 1.26. The van der Waals surface area contributed by atoms with Crippen LogP contribution < -0.4 is 11.5 Å². The molecule has 0 saturated heterocycles. The van der Waals surface area contributed by atoms with Gasteiger partial charge in [0.25, 0.3) is 5.91 Å². The van der Waals surface area contributed by atoms with Crippen LogP contribution in [0.3, 0.4) is 0 Å². The van der Waals surface area contributed by atoms with Gasteiger partial charge in [-0.2, -0.15) is 0 Å². The summed E-state index contributed by atoms with van der Waals surface area (Å²) in [5.74, 6) is -1.10. The van der Waals surface area contributed by atoms with Gasteiger partial charge in [-0.15, -0.1) is 0 Å². The lowest BCUT2D eigenvalue weighted by atomic mass is 10.2. The third-order valence-corrected chi connectivity index (χ3v) is 2.58. The second-order valence-corrected chi connectivity index (χ2v) is 5.56. The van der Waals surface area contributed by atoms with E-state index in [2.05, 4.69) is 9.97 Å². The molecule has 1 rings (SSSR count). The number of carbonyl (C=O) groups is 1. The first-order valence-corrected chi connectivity index (χ1v) is 6.37. The number of hydrogen-bond acceptors (Lipinski definition) is 6. The molecule has 0 bridgehead atoms. The van der Waals surface area contributed by atoms with E-state index in [1.165, 1.54) is 6.92 Å².